The van der Waals surface area contributed by atoms with Crippen LogP contribution in [-0.2, 0) is 0 Å². The van der Waals surface area contributed by atoms with E-state index in [0.717, 1.165) is 0 Å². The zero-order valence-electron chi connectivity index (χ0n) is 8.59. The van der Waals surface area contributed by atoms with E-state index >= 15 is 0 Å². The molecule has 1 aromatic rings. The maximum Gasteiger partial charge on any atom is 0.302 e. The molecule has 1 unspecified atom stereocenters. The highest BCUT2D eigenvalue weighted by Crippen LogP contribution is 2.35. The molecule has 0 saturated carbocycles. The third-order valence-electron chi connectivity index (χ3n) is 1.85. The van der Waals surface area contributed by atoms with Crippen LogP contribution in [-0.4, -0.2) is 27.4 Å². The topological polar surface area (TPSA) is 76.3 Å². The molecule has 0 saturated heterocycles. The molecule has 1 N–H and O–H groups in total. The molecule has 16 heavy (non-hydrogen) atoms. The first-order chi connectivity index (χ1) is 7.56. The van der Waals surface area contributed by atoms with Crippen molar-refractivity contribution in [2.75, 3.05) is 12.4 Å². The minimum absolute atomic E-state index is 0.00971. The van der Waals surface area contributed by atoms with Gasteiger partial charge < -0.3 is 5.11 Å². The Morgan fingerprint density at radius 2 is 2.38 bits per heavy atom. The second-order valence-electron chi connectivity index (χ2n) is 3.33. The second kappa shape index (κ2) is 6.17. The van der Waals surface area contributed by atoms with Gasteiger partial charge in [0.1, 0.15) is 11.1 Å². The first-order valence-corrected chi connectivity index (χ1v) is 6.35. The van der Waals surface area contributed by atoms with Crippen molar-refractivity contribution >= 4 is 33.4 Å². The molecule has 0 aliphatic carbocycles. The van der Waals surface area contributed by atoms with Gasteiger partial charge in [-0.25, -0.2) is 0 Å². The number of aliphatic hydroxyl groups excluding tert-OH is 1. The predicted octanol–water partition coefficient (Wildman–Crippen LogP) is 2.47. The van der Waals surface area contributed by atoms with Gasteiger partial charge in [0, 0.05) is 18.6 Å². The Morgan fingerprint density at radius 3 is 2.94 bits per heavy atom. The van der Waals surface area contributed by atoms with Crippen LogP contribution in [0.2, 0.25) is 0 Å². The normalized spacial score (nSPS) is 12.4. The summed E-state index contributed by atoms with van der Waals surface area (Å²) in [6.45, 7) is 1.96. The molecule has 5 nitrogen and oxygen atoms in total. The monoisotopic (exact) mass is 306 g/mol. The Kier molecular flexibility index (Phi) is 5.17. The number of hydrogen-bond acceptors (Lipinski definition) is 5. The Balaban J connectivity index is 2.88. The molecule has 7 heteroatoms. The van der Waals surface area contributed by atoms with Crippen LogP contribution in [0.15, 0.2) is 21.8 Å². The lowest BCUT2D eigenvalue weighted by atomic mass is 10.2. The fourth-order valence-electron chi connectivity index (χ4n) is 0.964. The van der Waals surface area contributed by atoms with Crippen LogP contribution in [0.1, 0.15) is 6.92 Å². The van der Waals surface area contributed by atoms with Gasteiger partial charge in [-0.15, -0.1) is 11.8 Å². The number of rotatable bonds is 5. The van der Waals surface area contributed by atoms with Gasteiger partial charge in [-0.1, -0.05) is 6.92 Å². The van der Waals surface area contributed by atoms with Gasteiger partial charge in [-0.2, -0.15) is 0 Å². The summed E-state index contributed by atoms with van der Waals surface area (Å²) in [5.74, 6) is 0.726. The number of hydrogen-bond donors (Lipinski definition) is 1. The Hall–Kier alpha value is -0.660. The molecule has 0 amide bonds. The summed E-state index contributed by atoms with van der Waals surface area (Å²) in [4.78, 5) is 14.6. The predicted molar refractivity (Wildman–Crippen MR) is 65.6 cm³/mol. The molecule has 0 aliphatic rings. The number of halogens is 1. The lowest BCUT2D eigenvalue weighted by molar-refractivity contribution is -0.388. The molecular formula is C9H11BrN2O3S. The minimum Gasteiger partial charge on any atom is -0.396 e. The summed E-state index contributed by atoms with van der Waals surface area (Å²) in [7, 11) is 0. The zero-order valence-corrected chi connectivity index (χ0v) is 11.0. The second-order valence-corrected chi connectivity index (χ2v) is 5.21. The van der Waals surface area contributed by atoms with E-state index in [1.54, 1.807) is 0 Å². The Bertz CT molecular complexity index is 389. The molecule has 1 atom stereocenters. The fourth-order valence-corrected chi connectivity index (χ4v) is 2.65. The van der Waals surface area contributed by atoms with Crippen molar-refractivity contribution in [2.24, 2.45) is 5.92 Å². The van der Waals surface area contributed by atoms with E-state index in [1.807, 2.05) is 6.92 Å². The van der Waals surface area contributed by atoms with Crippen molar-refractivity contribution in [2.45, 2.75) is 11.8 Å². The van der Waals surface area contributed by atoms with Crippen LogP contribution in [0.25, 0.3) is 0 Å². The van der Waals surface area contributed by atoms with Gasteiger partial charge in [-0.05, 0) is 21.8 Å². The van der Waals surface area contributed by atoms with Gasteiger partial charge >= 0.3 is 5.69 Å². The number of aromatic nitrogens is 1. The van der Waals surface area contributed by atoms with Crippen LogP contribution in [0.4, 0.5) is 5.69 Å². The summed E-state index contributed by atoms with van der Waals surface area (Å²) in [6.07, 6.45) is 2.76. The number of thioether (sulfide) groups is 1. The summed E-state index contributed by atoms with van der Waals surface area (Å²) in [6, 6.07) is 0. The molecule has 1 heterocycles. The maximum atomic E-state index is 10.8. The highest BCUT2D eigenvalue weighted by atomic mass is 79.9. The van der Waals surface area contributed by atoms with E-state index in [-0.39, 0.29) is 18.2 Å². The van der Waals surface area contributed by atoms with Gasteiger partial charge in [0.15, 0.2) is 0 Å². The zero-order chi connectivity index (χ0) is 12.1. The highest BCUT2D eigenvalue weighted by Gasteiger charge is 2.18. The van der Waals surface area contributed by atoms with Gasteiger partial charge in [-0.3, -0.25) is 15.1 Å². The average Bonchev–Trinajstić information content (AvgIpc) is 2.26. The molecule has 0 fully saturated rings. The summed E-state index contributed by atoms with van der Waals surface area (Å²) >= 11 is 4.58. The standard InChI is InChI=1S/C9H11BrN2O3S/c1-6(4-13)5-16-9-7(10)2-11-3-8(9)12(14)15/h2-3,6,13H,4-5H2,1H3. The number of nitro groups is 1. The number of nitrogens with zero attached hydrogens (tertiary/aromatic N) is 2. The molecule has 0 radical (unpaired) electrons. The van der Waals surface area contributed by atoms with Crippen molar-refractivity contribution < 1.29 is 10.0 Å². The molecule has 1 aromatic heterocycles. The summed E-state index contributed by atoms with van der Waals surface area (Å²) in [5, 5.41) is 19.7. The van der Waals surface area contributed by atoms with Crippen LogP contribution in [0, 0.1) is 16.0 Å². The number of aliphatic hydroxyl groups is 1. The molecule has 0 aromatic carbocycles. The Morgan fingerprint density at radius 1 is 1.69 bits per heavy atom. The van der Waals surface area contributed by atoms with Crippen molar-refractivity contribution in [1.29, 1.82) is 0 Å². The van der Waals surface area contributed by atoms with Crippen molar-refractivity contribution in [3.8, 4) is 0 Å². The Labute approximate surface area is 106 Å². The van der Waals surface area contributed by atoms with E-state index in [9.17, 15) is 10.1 Å². The maximum absolute atomic E-state index is 10.8. The average molecular weight is 307 g/mol. The first-order valence-electron chi connectivity index (χ1n) is 4.57. The van der Waals surface area contributed by atoms with Crippen molar-refractivity contribution in [1.82, 2.24) is 4.98 Å². The lowest BCUT2D eigenvalue weighted by Crippen LogP contribution is -2.04. The SMILES string of the molecule is CC(CO)CSc1c(Br)cncc1[N+](=O)[O-]. The molecule has 0 spiro atoms. The van der Waals surface area contributed by atoms with E-state index in [0.29, 0.717) is 15.1 Å². The molecule has 0 bridgehead atoms. The van der Waals surface area contributed by atoms with Crippen LogP contribution < -0.4 is 0 Å². The van der Waals surface area contributed by atoms with E-state index in [4.69, 9.17) is 5.11 Å². The van der Waals surface area contributed by atoms with Gasteiger partial charge in [0.05, 0.1) is 9.40 Å². The summed E-state index contributed by atoms with van der Waals surface area (Å²) < 4.78 is 0.608. The minimum atomic E-state index is -0.455. The third-order valence-corrected chi connectivity index (χ3v) is 4.17. The highest BCUT2D eigenvalue weighted by molar-refractivity contribution is 9.10. The largest absolute Gasteiger partial charge is 0.396 e. The third kappa shape index (κ3) is 3.43. The smallest absolute Gasteiger partial charge is 0.302 e. The van der Waals surface area contributed by atoms with Crippen LogP contribution in [0.3, 0.4) is 0 Å². The quantitative estimate of drug-likeness (QED) is 0.514. The van der Waals surface area contributed by atoms with E-state index < -0.39 is 4.92 Å². The summed E-state index contributed by atoms with van der Waals surface area (Å²) in [5.41, 5.74) is -0.00971. The van der Waals surface area contributed by atoms with Crippen molar-refractivity contribution in [3.05, 3.63) is 27.0 Å². The van der Waals surface area contributed by atoms with E-state index in [2.05, 4.69) is 20.9 Å². The van der Waals surface area contributed by atoms with E-state index in [1.165, 1.54) is 24.2 Å². The lowest BCUT2D eigenvalue weighted by Gasteiger charge is -2.08. The van der Waals surface area contributed by atoms with Gasteiger partial charge in [0.2, 0.25) is 0 Å². The van der Waals surface area contributed by atoms with Crippen LogP contribution >= 0.6 is 27.7 Å². The first kappa shape index (κ1) is 13.4. The molecule has 0 aliphatic heterocycles. The van der Waals surface area contributed by atoms with Gasteiger partial charge in [0.25, 0.3) is 0 Å². The molecule has 1 rings (SSSR count). The van der Waals surface area contributed by atoms with Crippen LogP contribution in [0.5, 0.6) is 0 Å². The van der Waals surface area contributed by atoms with Crippen molar-refractivity contribution in [3.63, 3.8) is 0 Å². The number of pyridine rings is 1. The fraction of sp³-hybridized carbons (Fsp3) is 0.444. The molecular weight excluding hydrogens is 296 g/mol. The molecule has 88 valence electrons.